The fourth-order valence-electron chi connectivity index (χ4n) is 4.89. The Morgan fingerprint density at radius 1 is 0.923 bits per heavy atom. The topological polar surface area (TPSA) is 236 Å². The Hall–Kier alpha value is -4.78. The van der Waals surface area contributed by atoms with Gasteiger partial charge in [-0.25, -0.2) is 14.8 Å². The van der Waals surface area contributed by atoms with Gasteiger partial charge in [-0.15, -0.1) is 0 Å². The number of carbonyl (C=O) groups is 7. The van der Waals surface area contributed by atoms with E-state index in [1.54, 1.807) is 6.07 Å². The Kier molecular flexibility index (Phi) is 14.7. The van der Waals surface area contributed by atoms with Crippen LogP contribution < -0.4 is 31.3 Å². The van der Waals surface area contributed by atoms with Crippen LogP contribution in [0.4, 0.5) is 10.7 Å². The van der Waals surface area contributed by atoms with Crippen molar-refractivity contribution >= 4 is 82.3 Å². The number of benzene rings is 1. The summed E-state index contributed by atoms with van der Waals surface area (Å²) in [4.78, 5) is 94.9. The van der Waals surface area contributed by atoms with Gasteiger partial charge in [0.15, 0.2) is 6.17 Å². The molecule has 1 fully saturated rings. The van der Waals surface area contributed by atoms with E-state index in [0.717, 1.165) is 4.90 Å². The molecule has 21 heteroatoms. The number of piperidine rings is 1. The van der Waals surface area contributed by atoms with E-state index in [9.17, 15) is 33.6 Å². The highest BCUT2D eigenvalue weighted by Gasteiger charge is 2.46. The van der Waals surface area contributed by atoms with Gasteiger partial charge in [0.1, 0.15) is 18.4 Å². The van der Waals surface area contributed by atoms with Crippen molar-refractivity contribution in [1.29, 1.82) is 0 Å². The van der Waals surface area contributed by atoms with Crippen LogP contribution in [0, 0.1) is 0 Å². The van der Waals surface area contributed by atoms with Crippen molar-refractivity contribution in [1.82, 2.24) is 36.1 Å². The molecule has 52 heavy (non-hydrogen) atoms. The zero-order chi connectivity index (χ0) is 37.7. The lowest BCUT2D eigenvalue weighted by atomic mass is 10.0. The number of anilines is 1. The molecular formula is C31H35Cl3N8O10. The maximum absolute atomic E-state index is 13.1. The molecular weight excluding hydrogens is 751 g/mol. The highest BCUT2D eigenvalue weighted by atomic mass is 35.6. The summed E-state index contributed by atoms with van der Waals surface area (Å²) in [5, 5.41) is 12.5. The van der Waals surface area contributed by atoms with Crippen molar-refractivity contribution in [2.45, 2.75) is 48.1 Å². The third-order valence-electron chi connectivity index (χ3n) is 7.36. The van der Waals surface area contributed by atoms with Crippen molar-refractivity contribution in [2.75, 3.05) is 44.8 Å². The fraction of sp³-hybridized carbons (Fsp3) is 0.452. The van der Waals surface area contributed by atoms with Crippen LogP contribution in [-0.4, -0.2) is 112 Å². The van der Waals surface area contributed by atoms with Crippen LogP contribution in [0.25, 0.3) is 0 Å². The first-order valence-electron chi connectivity index (χ1n) is 16.0. The van der Waals surface area contributed by atoms with Crippen molar-refractivity contribution in [3.8, 4) is 5.75 Å². The molecule has 1 aromatic heterocycles. The number of halogens is 3. The van der Waals surface area contributed by atoms with Gasteiger partial charge in [0.2, 0.25) is 33.4 Å². The summed E-state index contributed by atoms with van der Waals surface area (Å²) in [6.45, 7) is 0.375. The second-order valence-electron chi connectivity index (χ2n) is 11.1. The predicted molar refractivity (Wildman–Crippen MR) is 184 cm³/mol. The van der Waals surface area contributed by atoms with Crippen LogP contribution in [0.2, 0.25) is 0 Å². The molecule has 18 nitrogen and oxygen atoms in total. The van der Waals surface area contributed by atoms with Crippen LogP contribution in [-0.2, 0) is 28.7 Å². The Balaban J connectivity index is 1.03. The summed E-state index contributed by atoms with van der Waals surface area (Å²) >= 11 is 17.7. The van der Waals surface area contributed by atoms with Crippen LogP contribution in [0.5, 0.6) is 5.75 Å². The summed E-state index contributed by atoms with van der Waals surface area (Å²) in [5.74, 6) is -2.93. The molecule has 280 valence electrons. The average Bonchev–Trinajstić information content (AvgIpc) is 3.35. The van der Waals surface area contributed by atoms with Gasteiger partial charge in [0.25, 0.3) is 11.8 Å². The second-order valence-corrected chi connectivity index (χ2v) is 13.5. The van der Waals surface area contributed by atoms with E-state index in [1.807, 2.05) is 0 Å². The Labute approximate surface area is 311 Å². The van der Waals surface area contributed by atoms with E-state index < -0.39 is 45.7 Å². The third kappa shape index (κ3) is 11.6. The molecule has 2 aliphatic heterocycles. The van der Waals surface area contributed by atoms with Gasteiger partial charge in [-0.05, 0) is 31.0 Å². The van der Waals surface area contributed by atoms with Crippen molar-refractivity contribution < 1.29 is 47.8 Å². The number of rotatable bonds is 18. The lowest BCUT2D eigenvalue weighted by Gasteiger charge is -2.27. The lowest BCUT2D eigenvalue weighted by molar-refractivity contribution is -0.136. The largest absolute Gasteiger partial charge is 0.491 e. The molecule has 0 radical (unpaired) electrons. The second kappa shape index (κ2) is 19.2. The van der Waals surface area contributed by atoms with E-state index in [-0.39, 0.29) is 99.8 Å². The molecule has 1 aromatic carbocycles. The van der Waals surface area contributed by atoms with Gasteiger partial charge in [0, 0.05) is 38.2 Å². The first-order chi connectivity index (χ1) is 24.8. The maximum atomic E-state index is 13.1. The average molecular weight is 786 g/mol. The standard InChI is InChI=1S/C31H35Cl3N8O10/c32-31(33,34)28(40-29-37-10-2-11-38-29)41-30(49)52-14-3-12-35-21(43)8-15-50-16-9-22(44)36-13-17-51-20-5-1-4-18-24(20)27(48)42(26(18)47)19-6-7-23(45)39-25(19)46/h1-2,4-5,10-11,19,28H,3,6-9,12-17H2,(H,35,43)(H,36,44)(H,41,49)(H,37,38,40)(H,39,45,46). The predicted octanol–water partition coefficient (Wildman–Crippen LogP) is 1.21. The van der Waals surface area contributed by atoms with Gasteiger partial charge in [-0.3, -0.25) is 44.3 Å². The molecule has 2 aromatic rings. The van der Waals surface area contributed by atoms with Crippen LogP contribution >= 0.6 is 34.8 Å². The van der Waals surface area contributed by atoms with E-state index in [0.29, 0.717) is 6.42 Å². The van der Waals surface area contributed by atoms with Crippen LogP contribution in [0.3, 0.4) is 0 Å². The van der Waals surface area contributed by atoms with E-state index in [1.165, 1.54) is 30.6 Å². The summed E-state index contributed by atoms with van der Waals surface area (Å²) in [5.41, 5.74) is 0.0926. The Bertz CT molecular complexity index is 1650. The van der Waals surface area contributed by atoms with Gasteiger partial charge >= 0.3 is 6.09 Å². The normalized spacial score (nSPS) is 16.1. The molecule has 4 rings (SSSR count). The highest BCUT2D eigenvalue weighted by Crippen LogP contribution is 2.34. The molecule has 0 spiro atoms. The van der Waals surface area contributed by atoms with Crippen LogP contribution in [0.15, 0.2) is 36.7 Å². The number of imide groups is 2. The number of ether oxygens (including phenoxy) is 3. The number of alkyl carbamates (subject to hydrolysis) is 1. The Morgan fingerprint density at radius 2 is 1.62 bits per heavy atom. The molecule has 2 unspecified atom stereocenters. The fourth-order valence-corrected chi connectivity index (χ4v) is 5.22. The number of alkyl halides is 3. The zero-order valence-electron chi connectivity index (χ0n) is 27.5. The van der Waals surface area contributed by atoms with Crippen molar-refractivity contribution in [2.24, 2.45) is 0 Å². The van der Waals surface area contributed by atoms with E-state index >= 15 is 0 Å². The molecule has 2 atom stereocenters. The number of aromatic nitrogens is 2. The number of hydrogen-bond donors (Lipinski definition) is 5. The number of amides is 7. The minimum absolute atomic E-state index is 0.00430. The monoisotopic (exact) mass is 784 g/mol. The molecule has 1 saturated heterocycles. The molecule has 3 heterocycles. The molecule has 0 aliphatic carbocycles. The molecule has 0 bridgehead atoms. The molecule has 2 aliphatic rings. The van der Waals surface area contributed by atoms with Crippen LogP contribution in [0.1, 0.15) is 52.8 Å². The van der Waals surface area contributed by atoms with Crippen molar-refractivity contribution in [3.63, 3.8) is 0 Å². The zero-order valence-corrected chi connectivity index (χ0v) is 29.7. The number of nitrogens with one attached hydrogen (secondary N) is 5. The maximum Gasteiger partial charge on any atom is 0.408 e. The highest BCUT2D eigenvalue weighted by molar-refractivity contribution is 6.68. The summed E-state index contributed by atoms with van der Waals surface area (Å²) in [6, 6.07) is 4.98. The molecule has 7 amide bonds. The van der Waals surface area contributed by atoms with Crippen molar-refractivity contribution in [3.05, 3.63) is 47.8 Å². The van der Waals surface area contributed by atoms with Gasteiger partial charge < -0.3 is 30.2 Å². The minimum Gasteiger partial charge on any atom is -0.491 e. The van der Waals surface area contributed by atoms with Gasteiger partial charge in [-0.2, -0.15) is 0 Å². The van der Waals surface area contributed by atoms with E-state index in [4.69, 9.17) is 49.0 Å². The molecule has 0 saturated carbocycles. The summed E-state index contributed by atoms with van der Waals surface area (Å²) in [6.07, 6.45) is 1.25. The third-order valence-corrected chi connectivity index (χ3v) is 8.02. The number of hydrogen-bond acceptors (Lipinski definition) is 13. The summed E-state index contributed by atoms with van der Waals surface area (Å²) in [7, 11) is 0. The SMILES string of the molecule is O=C(CCOCCC(=O)NCCOc1cccc2c1C(=O)N(C1CCC(=O)NC1=O)C2=O)NCCCOC(=O)NC(Nc1ncccn1)C(Cl)(Cl)Cl. The minimum atomic E-state index is -1.95. The lowest BCUT2D eigenvalue weighted by Crippen LogP contribution is -2.54. The number of nitrogens with zero attached hydrogens (tertiary/aromatic N) is 3. The van der Waals surface area contributed by atoms with Gasteiger partial charge in [-0.1, -0.05) is 40.9 Å². The quantitative estimate of drug-likeness (QED) is 0.0620. The first-order valence-corrected chi connectivity index (χ1v) is 17.1. The molecule has 5 N–H and O–H groups in total. The van der Waals surface area contributed by atoms with E-state index in [2.05, 4.69) is 36.6 Å². The Morgan fingerprint density at radius 3 is 2.29 bits per heavy atom. The summed E-state index contributed by atoms with van der Waals surface area (Å²) < 4.78 is 14.2. The number of carbonyl (C=O) groups excluding carboxylic acids is 7. The van der Waals surface area contributed by atoms with Gasteiger partial charge in [0.05, 0.1) is 37.5 Å². The number of fused-ring (bicyclic) bond motifs is 1. The smallest absolute Gasteiger partial charge is 0.408 e. The first kappa shape index (κ1) is 40.0.